The van der Waals surface area contributed by atoms with E-state index < -0.39 is 0 Å². The Balaban J connectivity index is 1.65. The lowest BCUT2D eigenvalue weighted by Crippen LogP contribution is -2.28. The summed E-state index contributed by atoms with van der Waals surface area (Å²) in [6.45, 7) is 2.72. The molecule has 2 N–H and O–H groups in total. The Morgan fingerprint density at radius 2 is 2.17 bits per heavy atom. The number of hydrogen-bond acceptors (Lipinski definition) is 3. The zero-order valence-electron chi connectivity index (χ0n) is 13.3. The van der Waals surface area contributed by atoms with E-state index in [2.05, 4.69) is 20.6 Å². The molecular formula is C18H20N4O. The van der Waals surface area contributed by atoms with Crippen LogP contribution in [0.2, 0.25) is 0 Å². The number of carbonyl (C=O) groups excluding carboxylic acids is 1. The van der Waals surface area contributed by atoms with Gasteiger partial charge in [-0.25, -0.2) is 0 Å². The standard InChI is InChI=1S/C18H20N4O/c1-12(13-6-4-3-5-7-13)22-17(23)9-15-8-14-10-21-18(19-2)16(14)11-20-15/h3-8,11-12H,9-10H2,1-2H3,(H,19,21)(H,22,23)/t12-/m1/s1. The minimum absolute atomic E-state index is 0.0152. The molecule has 0 spiro atoms. The van der Waals surface area contributed by atoms with E-state index in [1.165, 1.54) is 0 Å². The molecule has 1 amide bonds. The molecule has 118 valence electrons. The molecule has 0 saturated heterocycles. The van der Waals surface area contributed by atoms with Crippen molar-refractivity contribution in [3.63, 3.8) is 0 Å². The van der Waals surface area contributed by atoms with E-state index >= 15 is 0 Å². The Hall–Kier alpha value is -2.69. The molecule has 0 bridgehead atoms. The van der Waals surface area contributed by atoms with Crippen molar-refractivity contribution < 1.29 is 4.79 Å². The lowest BCUT2D eigenvalue weighted by molar-refractivity contribution is -0.121. The minimum Gasteiger partial charge on any atom is -0.366 e. The van der Waals surface area contributed by atoms with Crippen molar-refractivity contribution in [1.82, 2.24) is 15.6 Å². The molecule has 3 rings (SSSR count). The number of nitrogens with zero attached hydrogens (tertiary/aromatic N) is 2. The number of pyridine rings is 1. The zero-order valence-corrected chi connectivity index (χ0v) is 13.3. The van der Waals surface area contributed by atoms with Gasteiger partial charge in [0.2, 0.25) is 5.91 Å². The van der Waals surface area contributed by atoms with Crippen LogP contribution in [0.4, 0.5) is 0 Å². The van der Waals surface area contributed by atoms with Gasteiger partial charge in [0.25, 0.3) is 0 Å². The maximum absolute atomic E-state index is 12.2. The SMILES string of the molecule is CN=C1NCc2cc(CC(=O)N[C@H](C)c3ccccc3)ncc21. The van der Waals surface area contributed by atoms with Gasteiger partial charge in [0.1, 0.15) is 5.84 Å². The molecule has 1 aromatic heterocycles. The molecule has 5 heteroatoms. The molecule has 2 heterocycles. The summed E-state index contributed by atoms with van der Waals surface area (Å²) in [5.41, 5.74) is 4.03. The van der Waals surface area contributed by atoms with Crippen LogP contribution in [0.15, 0.2) is 47.6 Å². The van der Waals surface area contributed by atoms with Crippen LogP contribution in [0.1, 0.15) is 35.3 Å². The normalized spacial score (nSPS) is 15.8. The first kappa shape index (κ1) is 15.2. The number of hydrogen-bond donors (Lipinski definition) is 2. The molecule has 1 aliphatic heterocycles. The van der Waals surface area contributed by atoms with Crippen LogP contribution >= 0.6 is 0 Å². The monoisotopic (exact) mass is 308 g/mol. The first-order chi connectivity index (χ1) is 11.2. The number of amides is 1. The van der Waals surface area contributed by atoms with Gasteiger partial charge in [0.05, 0.1) is 18.2 Å². The molecule has 1 atom stereocenters. The van der Waals surface area contributed by atoms with E-state index in [9.17, 15) is 4.79 Å². The lowest BCUT2D eigenvalue weighted by Gasteiger charge is -2.14. The largest absolute Gasteiger partial charge is 0.366 e. The number of aliphatic imine (C=N–C) groups is 1. The van der Waals surface area contributed by atoms with E-state index in [0.29, 0.717) is 0 Å². The predicted molar refractivity (Wildman–Crippen MR) is 90.2 cm³/mol. The van der Waals surface area contributed by atoms with Crippen molar-refractivity contribution >= 4 is 11.7 Å². The van der Waals surface area contributed by atoms with E-state index in [1.807, 2.05) is 43.3 Å². The average molecular weight is 308 g/mol. The number of amidine groups is 1. The molecule has 5 nitrogen and oxygen atoms in total. The topological polar surface area (TPSA) is 66.4 Å². The molecule has 23 heavy (non-hydrogen) atoms. The summed E-state index contributed by atoms with van der Waals surface area (Å²) in [7, 11) is 1.75. The van der Waals surface area contributed by atoms with Crippen LogP contribution in [-0.2, 0) is 17.8 Å². The second kappa shape index (κ2) is 6.60. The zero-order chi connectivity index (χ0) is 16.2. The number of rotatable bonds is 4. The second-order valence-electron chi connectivity index (χ2n) is 5.64. The van der Waals surface area contributed by atoms with Crippen LogP contribution in [0, 0.1) is 0 Å². The molecule has 0 aliphatic carbocycles. The highest BCUT2D eigenvalue weighted by Gasteiger charge is 2.18. The van der Waals surface area contributed by atoms with Crippen LogP contribution in [0.5, 0.6) is 0 Å². The minimum atomic E-state index is -0.0239. The third-order valence-corrected chi connectivity index (χ3v) is 3.99. The number of carbonyl (C=O) groups is 1. The third-order valence-electron chi connectivity index (χ3n) is 3.99. The maximum Gasteiger partial charge on any atom is 0.226 e. The fourth-order valence-electron chi connectivity index (χ4n) is 2.76. The van der Waals surface area contributed by atoms with E-state index in [0.717, 1.165) is 34.8 Å². The summed E-state index contributed by atoms with van der Waals surface area (Å²) in [6.07, 6.45) is 2.07. The Labute approximate surface area is 135 Å². The van der Waals surface area contributed by atoms with Gasteiger partial charge in [0.15, 0.2) is 0 Å². The highest BCUT2D eigenvalue weighted by molar-refractivity contribution is 6.02. The van der Waals surface area contributed by atoms with E-state index in [1.54, 1.807) is 13.2 Å². The summed E-state index contributed by atoms with van der Waals surface area (Å²) in [5, 5.41) is 6.23. The molecular weight excluding hydrogens is 288 g/mol. The van der Waals surface area contributed by atoms with Gasteiger partial charge in [-0.15, -0.1) is 0 Å². The summed E-state index contributed by atoms with van der Waals surface area (Å²) < 4.78 is 0. The van der Waals surface area contributed by atoms with E-state index in [-0.39, 0.29) is 18.4 Å². The van der Waals surface area contributed by atoms with Crippen LogP contribution in [0.25, 0.3) is 0 Å². The summed E-state index contributed by atoms with van der Waals surface area (Å²) in [5.74, 6) is 0.838. The molecule has 1 aromatic carbocycles. The van der Waals surface area contributed by atoms with Gasteiger partial charge < -0.3 is 10.6 Å². The summed E-state index contributed by atoms with van der Waals surface area (Å²) in [6, 6.07) is 11.9. The number of nitrogens with one attached hydrogen (secondary N) is 2. The quantitative estimate of drug-likeness (QED) is 0.907. The van der Waals surface area contributed by atoms with Crippen molar-refractivity contribution in [1.29, 1.82) is 0 Å². The van der Waals surface area contributed by atoms with Crippen LogP contribution in [-0.4, -0.2) is 23.8 Å². The highest BCUT2D eigenvalue weighted by atomic mass is 16.1. The van der Waals surface area contributed by atoms with Gasteiger partial charge in [-0.2, -0.15) is 0 Å². The Morgan fingerprint density at radius 1 is 1.39 bits per heavy atom. The molecule has 0 radical (unpaired) electrons. The fourth-order valence-corrected chi connectivity index (χ4v) is 2.76. The first-order valence-corrected chi connectivity index (χ1v) is 7.70. The lowest BCUT2D eigenvalue weighted by atomic mass is 10.1. The maximum atomic E-state index is 12.2. The van der Waals surface area contributed by atoms with Crippen molar-refractivity contribution in [2.75, 3.05) is 7.05 Å². The first-order valence-electron chi connectivity index (χ1n) is 7.70. The molecule has 0 unspecified atom stereocenters. The molecule has 1 aliphatic rings. The smallest absolute Gasteiger partial charge is 0.226 e. The number of benzene rings is 1. The Morgan fingerprint density at radius 3 is 2.91 bits per heavy atom. The van der Waals surface area contributed by atoms with E-state index in [4.69, 9.17) is 0 Å². The summed E-state index contributed by atoms with van der Waals surface area (Å²) in [4.78, 5) is 20.8. The van der Waals surface area contributed by atoms with Gasteiger partial charge in [-0.1, -0.05) is 30.3 Å². The van der Waals surface area contributed by atoms with Gasteiger partial charge >= 0.3 is 0 Å². The summed E-state index contributed by atoms with van der Waals surface area (Å²) >= 11 is 0. The van der Waals surface area contributed by atoms with Crippen molar-refractivity contribution in [2.45, 2.75) is 25.9 Å². The fraction of sp³-hybridized carbons (Fsp3) is 0.278. The van der Waals surface area contributed by atoms with Gasteiger partial charge in [-0.3, -0.25) is 14.8 Å². The van der Waals surface area contributed by atoms with Crippen molar-refractivity contribution in [3.05, 3.63) is 65.0 Å². The van der Waals surface area contributed by atoms with Crippen molar-refractivity contribution in [2.24, 2.45) is 4.99 Å². The number of aromatic nitrogens is 1. The van der Waals surface area contributed by atoms with Crippen LogP contribution in [0.3, 0.4) is 0 Å². The second-order valence-corrected chi connectivity index (χ2v) is 5.64. The van der Waals surface area contributed by atoms with Crippen LogP contribution < -0.4 is 10.6 Å². The predicted octanol–water partition coefficient (Wildman–Crippen LogP) is 1.98. The Bertz CT molecular complexity index is 740. The molecule has 0 fully saturated rings. The third kappa shape index (κ3) is 3.39. The number of fused-ring (bicyclic) bond motifs is 1. The average Bonchev–Trinajstić information content (AvgIpc) is 2.97. The molecule has 2 aromatic rings. The van der Waals surface area contributed by atoms with Gasteiger partial charge in [-0.05, 0) is 24.1 Å². The Kier molecular flexibility index (Phi) is 4.37. The van der Waals surface area contributed by atoms with Gasteiger partial charge in [0, 0.05) is 25.4 Å². The highest BCUT2D eigenvalue weighted by Crippen LogP contribution is 2.16. The van der Waals surface area contributed by atoms with Crippen molar-refractivity contribution in [3.8, 4) is 0 Å². The molecule has 0 saturated carbocycles.